The summed E-state index contributed by atoms with van der Waals surface area (Å²) in [6.07, 6.45) is 0. The fourth-order valence-corrected chi connectivity index (χ4v) is 2.35. The number of aromatic nitrogens is 2. The lowest BCUT2D eigenvalue weighted by atomic mass is 9.97. The topological polar surface area (TPSA) is 48.9 Å². The Labute approximate surface area is 118 Å². The van der Waals surface area contributed by atoms with Crippen LogP contribution in [0.15, 0.2) is 42.5 Å². The number of H-pyrrole nitrogens is 1. The van der Waals surface area contributed by atoms with Crippen molar-refractivity contribution in [3.63, 3.8) is 0 Å². The summed E-state index contributed by atoms with van der Waals surface area (Å²) in [5, 5.41) is 9.98. The minimum atomic E-state index is -0.816. The number of hydrogen-bond acceptors (Lipinski definition) is 2. The van der Waals surface area contributed by atoms with Gasteiger partial charge in [-0.15, -0.1) is 0 Å². The molecule has 2 N–H and O–H groups in total. The summed E-state index contributed by atoms with van der Waals surface area (Å²) in [5.41, 5.74) is 4.35. The lowest BCUT2D eigenvalue weighted by Crippen LogP contribution is -2.14. The molecule has 102 valence electrons. The average Bonchev–Trinajstić information content (AvgIpc) is 2.83. The van der Waals surface area contributed by atoms with Crippen LogP contribution >= 0.6 is 0 Å². The maximum atomic E-state index is 9.98. The van der Waals surface area contributed by atoms with E-state index in [1.807, 2.05) is 36.4 Å². The monoisotopic (exact) mass is 266 g/mol. The molecule has 3 nitrogen and oxygen atoms in total. The molecule has 0 atom stereocenters. The van der Waals surface area contributed by atoms with Gasteiger partial charge < -0.3 is 10.1 Å². The minimum absolute atomic E-state index is 0.816. The van der Waals surface area contributed by atoms with Gasteiger partial charge >= 0.3 is 0 Å². The molecule has 3 heteroatoms. The van der Waals surface area contributed by atoms with Gasteiger partial charge in [0.15, 0.2) is 0 Å². The molecule has 3 aromatic rings. The molecule has 0 fully saturated rings. The van der Waals surface area contributed by atoms with Crippen molar-refractivity contribution in [3.8, 4) is 11.4 Å². The molecule has 0 aliphatic heterocycles. The Morgan fingerprint density at radius 1 is 1.05 bits per heavy atom. The van der Waals surface area contributed by atoms with Crippen LogP contribution in [-0.4, -0.2) is 15.1 Å². The highest BCUT2D eigenvalue weighted by Crippen LogP contribution is 2.25. The van der Waals surface area contributed by atoms with Gasteiger partial charge in [0.25, 0.3) is 0 Å². The van der Waals surface area contributed by atoms with Crippen LogP contribution in [0.25, 0.3) is 22.4 Å². The first-order chi connectivity index (χ1) is 9.45. The second-order valence-electron chi connectivity index (χ2n) is 5.69. The number of para-hydroxylation sites is 1. The van der Waals surface area contributed by atoms with E-state index in [4.69, 9.17) is 0 Å². The first kappa shape index (κ1) is 12.9. The number of nitrogens with one attached hydrogen (secondary N) is 1. The number of imidazole rings is 1. The molecule has 0 bridgehead atoms. The van der Waals surface area contributed by atoms with E-state index in [-0.39, 0.29) is 0 Å². The van der Waals surface area contributed by atoms with Crippen molar-refractivity contribution in [1.82, 2.24) is 9.97 Å². The van der Waals surface area contributed by atoms with E-state index in [2.05, 4.69) is 23.0 Å². The fraction of sp³-hybridized carbons (Fsp3) is 0.235. The van der Waals surface area contributed by atoms with Crippen molar-refractivity contribution in [2.24, 2.45) is 0 Å². The molecule has 0 aliphatic rings. The molecule has 0 radical (unpaired) electrons. The predicted molar refractivity (Wildman–Crippen MR) is 81.5 cm³/mol. The standard InChI is InChI=1S/C17H18N2O/c1-11-5-4-6-14-15(11)19-16(18-14)12-7-9-13(10-8-12)17(2,3)20/h4-10,20H,1-3H3,(H,18,19). The van der Waals surface area contributed by atoms with Crippen LogP contribution in [0.1, 0.15) is 25.0 Å². The van der Waals surface area contributed by atoms with E-state index in [9.17, 15) is 5.11 Å². The normalized spacial score (nSPS) is 12.0. The van der Waals surface area contributed by atoms with Crippen molar-refractivity contribution in [1.29, 1.82) is 0 Å². The molecule has 0 spiro atoms. The summed E-state index contributed by atoms with van der Waals surface area (Å²) < 4.78 is 0. The molecule has 1 heterocycles. The quantitative estimate of drug-likeness (QED) is 0.742. The van der Waals surface area contributed by atoms with Gasteiger partial charge in [0, 0.05) is 5.56 Å². The molecular formula is C17H18N2O. The number of rotatable bonds is 2. The van der Waals surface area contributed by atoms with Crippen molar-refractivity contribution in [2.45, 2.75) is 26.4 Å². The molecule has 0 unspecified atom stereocenters. The first-order valence-electron chi connectivity index (χ1n) is 6.74. The number of aryl methyl sites for hydroxylation is 1. The van der Waals surface area contributed by atoms with Crippen LogP contribution in [0.5, 0.6) is 0 Å². The van der Waals surface area contributed by atoms with Crippen molar-refractivity contribution < 1.29 is 5.11 Å². The van der Waals surface area contributed by atoms with Crippen molar-refractivity contribution >= 4 is 11.0 Å². The fourth-order valence-electron chi connectivity index (χ4n) is 2.35. The summed E-state index contributed by atoms with van der Waals surface area (Å²) in [4.78, 5) is 7.98. The minimum Gasteiger partial charge on any atom is -0.386 e. The Morgan fingerprint density at radius 2 is 1.75 bits per heavy atom. The lowest BCUT2D eigenvalue weighted by molar-refractivity contribution is 0.0786. The third-order valence-corrected chi connectivity index (χ3v) is 3.59. The molecule has 0 saturated carbocycles. The Kier molecular flexibility index (Phi) is 2.87. The molecule has 0 amide bonds. The zero-order valence-electron chi connectivity index (χ0n) is 11.9. The zero-order chi connectivity index (χ0) is 14.3. The number of aliphatic hydroxyl groups is 1. The summed E-state index contributed by atoms with van der Waals surface area (Å²) in [6, 6.07) is 13.9. The maximum Gasteiger partial charge on any atom is 0.138 e. The second kappa shape index (κ2) is 4.46. The molecular weight excluding hydrogens is 248 g/mol. The maximum absolute atomic E-state index is 9.98. The van der Waals surface area contributed by atoms with Crippen LogP contribution in [0.4, 0.5) is 0 Å². The highest BCUT2D eigenvalue weighted by molar-refractivity contribution is 5.82. The van der Waals surface area contributed by atoms with Gasteiger partial charge in [-0.2, -0.15) is 0 Å². The van der Waals surface area contributed by atoms with Gasteiger partial charge in [0.05, 0.1) is 16.6 Å². The number of nitrogens with zero attached hydrogens (tertiary/aromatic N) is 1. The van der Waals surface area contributed by atoms with Crippen molar-refractivity contribution in [2.75, 3.05) is 0 Å². The molecule has 0 saturated heterocycles. The Morgan fingerprint density at radius 3 is 2.35 bits per heavy atom. The van der Waals surface area contributed by atoms with Crippen molar-refractivity contribution in [3.05, 3.63) is 53.6 Å². The van der Waals surface area contributed by atoms with E-state index in [0.717, 1.165) is 28.0 Å². The van der Waals surface area contributed by atoms with Gasteiger partial charge in [0.2, 0.25) is 0 Å². The second-order valence-corrected chi connectivity index (χ2v) is 5.69. The third kappa shape index (κ3) is 2.21. The lowest BCUT2D eigenvalue weighted by Gasteiger charge is -2.17. The van der Waals surface area contributed by atoms with Gasteiger partial charge in [-0.1, -0.05) is 36.4 Å². The molecule has 3 rings (SSSR count). The number of aromatic amines is 1. The van der Waals surface area contributed by atoms with Crippen LogP contribution in [-0.2, 0) is 5.60 Å². The largest absolute Gasteiger partial charge is 0.386 e. The van der Waals surface area contributed by atoms with Crippen LogP contribution in [0.3, 0.4) is 0 Å². The van der Waals surface area contributed by atoms with E-state index in [1.165, 1.54) is 5.56 Å². The van der Waals surface area contributed by atoms with Gasteiger partial charge in [-0.25, -0.2) is 4.98 Å². The van der Waals surface area contributed by atoms with Gasteiger partial charge in [-0.05, 0) is 38.0 Å². The smallest absolute Gasteiger partial charge is 0.138 e. The van der Waals surface area contributed by atoms with Gasteiger partial charge in [-0.3, -0.25) is 0 Å². The Bertz CT molecular complexity index is 749. The Hall–Kier alpha value is -2.13. The predicted octanol–water partition coefficient (Wildman–Crippen LogP) is 3.77. The molecule has 20 heavy (non-hydrogen) atoms. The molecule has 2 aromatic carbocycles. The van der Waals surface area contributed by atoms with Crippen LogP contribution < -0.4 is 0 Å². The molecule has 0 aliphatic carbocycles. The summed E-state index contributed by atoms with van der Waals surface area (Å²) >= 11 is 0. The van der Waals surface area contributed by atoms with E-state index < -0.39 is 5.60 Å². The SMILES string of the molecule is Cc1cccc2nc(-c3ccc(C(C)(C)O)cc3)[nH]c12. The average molecular weight is 266 g/mol. The number of fused-ring (bicyclic) bond motifs is 1. The van der Waals surface area contributed by atoms with Crippen LogP contribution in [0.2, 0.25) is 0 Å². The highest BCUT2D eigenvalue weighted by atomic mass is 16.3. The van der Waals surface area contributed by atoms with E-state index in [0.29, 0.717) is 0 Å². The van der Waals surface area contributed by atoms with Gasteiger partial charge in [0.1, 0.15) is 5.82 Å². The first-order valence-corrected chi connectivity index (χ1v) is 6.74. The van der Waals surface area contributed by atoms with E-state index >= 15 is 0 Å². The number of hydrogen-bond donors (Lipinski definition) is 2. The van der Waals surface area contributed by atoms with Crippen LogP contribution in [0, 0.1) is 6.92 Å². The third-order valence-electron chi connectivity index (χ3n) is 3.59. The van der Waals surface area contributed by atoms with E-state index in [1.54, 1.807) is 13.8 Å². The highest BCUT2D eigenvalue weighted by Gasteiger charge is 2.15. The summed E-state index contributed by atoms with van der Waals surface area (Å²) in [7, 11) is 0. The molecule has 1 aromatic heterocycles. The number of benzene rings is 2. The zero-order valence-corrected chi connectivity index (χ0v) is 11.9. The Balaban J connectivity index is 2.05. The summed E-state index contributed by atoms with van der Waals surface area (Å²) in [5.74, 6) is 0.858. The summed E-state index contributed by atoms with van der Waals surface area (Å²) in [6.45, 7) is 5.64.